The lowest BCUT2D eigenvalue weighted by Gasteiger charge is -2.24. The number of benzene rings is 1. The zero-order chi connectivity index (χ0) is 19.9. The third-order valence-corrected chi connectivity index (χ3v) is 4.93. The van der Waals surface area contributed by atoms with Gasteiger partial charge < -0.3 is 23.5 Å². The number of nitrogens with zero attached hydrogens (tertiary/aromatic N) is 3. The van der Waals surface area contributed by atoms with E-state index in [9.17, 15) is 0 Å². The third-order valence-electron chi connectivity index (χ3n) is 4.93. The van der Waals surface area contributed by atoms with Crippen LogP contribution in [-0.4, -0.2) is 62.7 Å². The molecule has 1 unspecified atom stereocenters. The summed E-state index contributed by atoms with van der Waals surface area (Å²) >= 11 is 0. The molecule has 0 spiro atoms. The molecule has 0 N–H and O–H groups in total. The molecule has 1 aliphatic heterocycles. The van der Waals surface area contributed by atoms with Crippen molar-refractivity contribution in [2.75, 3.05) is 41.5 Å². The summed E-state index contributed by atoms with van der Waals surface area (Å²) in [5, 5.41) is 4.12. The molecule has 8 nitrogen and oxygen atoms in total. The highest BCUT2D eigenvalue weighted by Crippen LogP contribution is 2.43. The first-order chi connectivity index (χ1) is 13.7. The van der Waals surface area contributed by atoms with Gasteiger partial charge in [-0.2, -0.15) is 4.98 Å². The summed E-state index contributed by atoms with van der Waals surface area (Å²) in [6, 6.07) is 3.63. The van der Waals surface area contributed by atoms with Crippen molar-refractivity contribution in [2.24, 2.45) is 0 Å². The van der Waals surface area contributed by atoms with Gasteiger partial charge in [0.05, 0.1) is 39.5 Å². The van der Waals surface area contributed by atoms with Crippen molar-refractivity contribution in [1.29, 1.82) is 0 Å². The molecule has 0 amide bonds. The van der Waals surface area contributed by atoms with Crippen molar-refractivity contribution < 1.29 is 23.5 Å². The van der Waals surface area contributed by atoms with Gasteiger partial charge in [-0.25, -0.2) is 0 Å². The van der Waals surface area contributed by atoms with Gasteiger partial charge in [0.1, 0.15) is 0 Å². The van der Waals surface area contributed by atoms with Crippen LogP contribution in [0.15, 0.2) is 16.7 Å². The number of ether oxygens (including phenoxy) is 4. The molecule has 0 bridgehead atoms. The number of hydrogen-bond acceptors (Lipinski definition) is 8. The molecule has 8 heteroatoms. The normalized spacial score (nSPS) is 17.0. The van der Waals surface area contributed by atoms with Crippen LogP contribution in [0, 0.1) is 0 Å². The van der Waals surface area contributed by atoms with E-state index in [0.717, 1.165) is 26.0 Å². The van der Waals surface area contributed by atoms with E-state index in [4.69, 9.17) is 23.5 Å². The van der Waals surface area contributed by atoms with Gasteiger partial charge in [-0.15, -0.1) is 0 Å². The first-order valence-electron chi connectivity index (χ1n) is 9.58. The molecule has 1 saturated heterocycles. The van der Waals surface area contributed by atoms with Crippen molar-refractivity contribution in [3.8, 4) is 28.6 Å². The maximum Gasteiger partial charge on any atom is 0.241 e. The Morgan fingerprint density at radius 1 is 1.11 bits per heavy atom. The van der Waals surface area contributed by atoms with Gasteiger partial charge in [-0.1, -0.05) is 5.16 Å². The summed E-state index contributed by atoms with van der Waals surface area (Å²) in [5.74, 6) is 2.60. The zero-order valence-corrected chi connectivity index (χ0v) is 17.1. The topological polar surface area (TPSA) is 79.1 Å². The molecule has 2 heterocycles. The van der Waals surface area contributed by atoms with Crippen LogP contribution in [0.1, 0.15) is 31.6 Å². The first kappa shape index (κ1) is 20.4. The molecule has 1 atom stereocenters. The van der Waals surface area contributed by atoms with Gasteiger partial charge >= 0.3 is 0 Å². The Kier molecular flexibility index (Phi) is 7.11. The quantitative estimate of drug-likeness (QED) is 0.645. The SMILES string of the molecule is COc1ccc(-c2noc(CN(C)CCC3CCCCO3)n2)c(OC)c1OC. The van der Waals surface area contributed by atoms with E-state index in [2.05, 4.69) is 15.0 Å². The second-order valence-corrected chi connectivity index (χ2v) is 6.91. The fourth-order valence-electron chi connectivity index (χ4n) is 3.42. The van der Waals surface area contributed by atoms with Gasteiger partial charge in [0.15, 0.2) is 11.5 Å². The molecule has 0 radical (unpaired) electrons. The molecule has 1 aromatic carbocycles. The minimum atomic E-state index is 0.366. The lowest BCUT2D eigenvalue weighted by molar-refractivity contribution is 0.00602. The van der Waals surface area contributed by atoms with Crippen LogP contribution in [0.4, 0.5) is 0 Å². The van der Waals surface area contributed by atoms with Gasteiger partial charge in [0, 0.05) is 13.2 Å². The standard InChI is InChI=1S/C20H29N3O5/c1-23(11-10-14-7-5-6-12-27-14)13-17-21-20(22-28-17)15-8-9-16(24-2)19(26-4)18(15)25-3/h8-9,14H,5-7,10-13H2,1-4H3. The monoisotopic (exact) mass is 391 g/mol. The summed E-state index contributed by atoms with van der Waals surface area (Å²) in [5.41, 5.74) is 0.688. The molecule has 1 fully saturated rings. The van der Waals surface area contributed by atoms with Gasteiger partial charge in [-0.05, 0) is 44.9 Å². The first-order valence-corrected chi connectivity index (χ1v) is 9.58. The molecule has 154 valence electrons. The van der Waals surface area contributed by atoms with E-state index in [1.807, 2.05) is 13.1 Å². The second kappa shape index (κ2) is 9.75. The van der Waals surface area contributed by atoms with Crippen LogP contribution < -0.4 is 14.2 Å². The van der Waals surface area contributed by atoms with Crippen LogP contribution in [0.25, 0.3) is 11.4 Å². The van der Waals surface area contributed by atoms with E-state index in [0.29, 0.717) is 47.2 Å². The van der Waals surface area contributed by atoms with E-state index in [1.54, 1.807) is 27.4 Å². The highest BCUT2D eigenvalue weighted by atomic mass is 16.5. The van der Waals surface area contributed by atoms with Gasteiger partial charge in [0.25, 0.3) is 0 Å². The summed E-state index contributed by atoms with van der Waals surface area (Å²) in [4.78, 5) is 6.70. The molecule has 1 aromatic heterocycles. The van der Waals surface area contributed by atoms with Crippen LogP contribution >= 0.6 is 0 Å². The molecular formula is C20H29N3O5. The molecule has 0 saturated carbocycles. The van der Waals surface area contributed by atoms with Crippen molar-refractivity contribution in [3.05, 3.63) is 18.0 Å². The molecule has 0 aliphatic carbocycles. The second-order valence-electron chi connectivity index (χ2n) is 6.91. The summed E-state index contributed by atoms with van der Waals surface area (Å²) in [6.07, 6.45) is 4.97. The predicted octanol–water partition coefficient (Wildman–Crippen LogP) is 3.15. The van der Waals surface area contributed by atoms with Crippen LogP contribution in [0.5, 0.6) is 17.2 Å². The van der Waals surface area contributed by atoms with E-state index in [1.165, 1.54) is 12.8 Å². The fraction of sp³-hybridized carbons (Fsp3) is 0.600. The Balaban J connectivity index is 1.66. The van der Waals surface area contributed by atoms with Crippen molar-refractivity contribution in [3.63, 3.8) is 0 Å². The van der Waals surface area contributed by atoms with E-state index >= 15 is 0 Å². The third kappa shape index (κ3) is 4.74. The van der Waals surface area contributed by atoms with Crippen molar-refractivity contribution in [1.82, 2.24) is 15.0 Å². The smallest absolute Gasteiger partial charge is 0.241 e. The Morgan fingerprint density at radius 3 is 2.61 bits per heavy atom. The van der Waals surface area contributed by atoms with Crippen LogP contribution in [0.3, 0.4) is 0 Å². The average Bonchev–Trinajstić information content (AvgIpc) is 3.19. The average molecular weight is 391 g/mol. The highest BCUT2D eigenvalue weighted by molar-refractivity contribution is 5.71. The van der Waals surface area contributed by atoms with Crippen LogP contribution in [-0.2, 0) is 11.3 Å². The Hall–Kier alpha value is -2.32. The number of rotatable bonds is 9. The Morgan fingerprint density at radius 2 is 1.93 bits per heavy atom. The predicted molar refractivity (Wildman–Crippen MR) is 104 cm³/mol. The fourth-order valence-corrected chi connectivity index (χ4v) is 3.42. The van der Waals surface area contributed by atoms with E-state index in [-0.39, 0.29) is 0 Å². The largest absolute Gasteiger partial charge is 0.493 e. The summed E-state index contributed by atoms with van der Waals surface area (Å²) in [6.45, 7) is 2.38. The van der Waals surface area contributed by atoms with E-state index < -0.39 is 0 Å². The summed E-state index contributed by atoms with van der Waals surface area (Å²) in [7, 11) is 6.76. The molecular weight excluding hydrogens is 362 g/mol. The molecule has 2 aromatic rings. The Bertz CT molecular complexity index is 758. The number of aromatic nitrogens is 2. The lowest BCUT2D eigenvalue weighted by atomic mass is 10.1. The maximum absolute atomic E-state index is 5.79. The lowest BCUT2D eigenvalue weighted by Crippen LogP contribution is -2.26. The highest BCUT2D eigenvalue weighted by Gasteiger charge is 2.21. The Labute approximate surface area is 165 Å². The maximum atomic E-state index is 5.79. The van der Waals surface area contributed by atoms with Crippen molar-refractivity contribution in [2.45, 2.75) is 38.3 Å². The minimum absolute atomic E-state index is 0.366. The molecule has 3 rings (SSSR count). The molecule has 1 aliphatic rings. The number of methoxy groups -OCH3 is 3. The molecule has 28 heavy (non-hydrogen) atoms. The minimum Gasteiger partial charge on any atom is -0.493 e. The zero-order valence-electron chi connectivity index (χ0n) is 17.1. The van der Waals surface area contributed by atoms with Gasteiger partial charge in [0.2, 0.25) is 17.5 Å². The van der Waals surface area contributed by atoms with Crippen molar-refractivity contribution >= 4 is 0 Å². The van der Waals surface area contributed by atoms with Gasteiger partial charge in [-0.3, -0.25) is 4.90 Å². The van der Waals surface area contributed by atoms with Crippen LogP contribution in [0.2, 0.25) is 0 Å². The number of hydrogen-bond donors (Lipinski definition) is 0. The summed E-state index contributed by atoms with van der Waals surface area (Å²) < 4.78 is 27.5.